The molecule has 0 saturated carbocycles. The zero-order chi connectivity index (χ0) is 8.36. The summed E-state index contributed by atoms with van der Waals surface area (Å²) in [6.07, 6.45) is 0. The van der Waals surface area contributed by atoms with Gasteiger partial charge in [-0.1, -0.05) is 0 Å². The summed E-state index contributed by atoms with van der Waals surface area (Å²) in [5.74, 6) is 0. The van der Waals surface area contributed by atoms with Gasteiger partial charge in [-0.05, 0) is 0 Å². The third-order valence-electron chi connectivity index (χ3n) is 1.03. The average Bonchev–Trinajstić information content (AvgIpc) is 2.03. The first-order chi connectivity index (χ1) is 5.41. The van der Waals surface area contributed by atoms with Crippen LogP contribution in [0, 0.1) is 0 Å². The Bertz CT molecular complexity index is 68.6. The molecule has 0 heterocycles. The smallest absolute Gasteiger partial charge is 0.479 e. The van der Waals surface area contributed by atoms with Crippen LogP contribution >= 0.6 is 0 Å². The van der Waals surface area contributed by atoms with Crippen LogP contribution in [0.5, 0.6) is 0 Å². The molecule has 0 fully saturated rings. The van der Waals surface area contributed by atoms with Crippen LogP contribution in [0.3, 0.4) is 0 Å². The fourth-order valence-corrected chi connectivity index (χ4v) is 1.05. The Hall–Kier alpha value is 0.970. The fraction of sp³-hybridized carbons (Fsp3) is 1.00. The first kappa shape index (κ1) is 15.4. The molecule has 4 nitrogen and oxygen atoms in total. The van der Waals surface area contributed by atoms with E-state index in [-0.39, 0.29) is 18.9 Å². The van der Waals surface area contributed by atoms with Crippen molar-refractivity contribution in [2.24, 2.45) is 0 Å². The molecule has 0 aliphatic heterocycles. The van der Waals surface area contributed by atoms with Crippen molar-refractivity contribution in [3.8, 4) is 0 Å². The van der Waals surface area contributed by atoms with Gasteiger partial charge in [-0.25, -0.2) is 0 Å². The summed E-state index contributed by atoms with van der Waals surface area (Å²) < 4.78 is 19.9. The van der Waals surface area contributed by atoms with Crippen molar-refractivity contribution in [2.75, 3.05) is 40.6 Å². The molecule has 0 aromatic heterocycles. The Labute approximate surface area is 92.4 Å². The maximum absolute atomic E-state index is 5.16. The van der Waals surface area contributed by atoms with Crippen LogP contribution in [0.2, 0.25) is 0 Å². The van der Waals surface area contributed by atoms with E-state index in [2.05, 4.69) is 0 Å². The molecule has 0 saturated heterocycles. The minimum Gasteiger partial charge on any atom is -0.479 e. The normalized spacial score (nSPS) is 9.17. The van der Waals surface area contributed by atoms with Crippen molar-refractivity contribution >= 4 is 34.7 Å². The van der Waals surface area contributed by atoms with Crippen molar-refractivity contribution < 1.29 is 17.1 Å². The predicted octanol–water partition coefficient (Wildman–Crippen LogP) is -0.802. The molecular formula is C6H15AlLiO4. The van der Waals surface area contributed by atoms with Gasteiger partial charge in [0.05, 0.1) is 13.2 Å². The molecular weight excluding hydrogens is 170 g/mol. The van der Waals surface area contributed by atoms with Crippen LogP contribution < -0.4 is 0 Å². The van der Waals surface area contributed by atoms with E-state index in [9.17, 15) is 0 Å². The number of rotatable bonds is 8. The topological polar surface area (TPSA) is 36.9 Å². The van der Waals surface area contributed by atoms with Gasteiger partial charge in [0.25, 0.3) is 0 Å². The average molecular weight is 185 g/mol. The molecule has 6 heteroatoms. The summed E-state index contributed by atoms with van der Waals surface area (Å²) >= 11 is -0.789. The van der Waals surface area contributed by atoms with Crippen molar-refractivity contribution in [1.29, 1.82) is 0 Å². The Morgan fingerprint density at radius 1 is 0.833 bits per heavy atom. The van der Waals surface area contributed by atoms with Crippen LogP contribution in [0.15, 0.2) is 0 Å². The van der Waals surface area contributed by atoms with Crippen LogP contribution in [-0.2, 0) is 17.1 Å². The van der Waals surface area contributed by atoms with E-state index < -0.39 is 15.9 Å². The summed E-state index contributed by atoms with van der Waals surface area (Å²) in [6, 6.07) is 0. The fourth-order valence-electron chi connectivity index (χ4n) is 0.461. The Balaban J connectivity index is 0. The van der Waals surface area contributed by atoms with Crippen molar-refractivity contribution in [2.45, 2.75) is 0 Å². The number of methoxy groups -OCH3 is 2. The van der Waals surface area contributed by atoms with Gasteiger partial charge in [0, 0.05) is 46.3 Å². The quantitative estimate of drug-likeness (QED) is 0.366. The molecule has 0 bridgehead atoms. The van der Waals surface area contributed by atoms with E-state index >= 15 is 0 Å². The van der Waals surface area contributed by atoms with E-state index in [4.69, 9.17) is 17.1 Å². The molecule has 0 aromatic rings. The minimum absolute atomic E-state index is 0. The first-order valence-electron chi connectivity index (χ1n) is 3.55. The van der Waals surface area contributed by atoms with Crippen molar-refractivity contribution in [1.82, 2.24) is 0 Å². The number of hydrogen-bond acceptors (Lipinski definition) is 4. The van der Waals surface area contributed by atoms with Crippen molar-refractivity contribution in [3.63, 3.8) is 0 Å². The van der Waals surface area contributed by atoms with Gasteiger partial charge < -0.3 is 17.1 Å². The van der Waals surface area contributed by atoms with Gasteiger partial charge in [0.15, 0.2) is 0 Å². The van der Waals surface area contributed by atoms with Crippen LogP contribution in [0.1, 0.15) is 0 Å². The molecule has 0 spiro atoms. The third-order valence-corrected chi connectivity index (χ3v) is 1.94. The molecule has 0 aliphatic rings. The van der Waals surface area contributed by atoms with E-state index in [1.165, 1.54) is 0 Å². The zero-order valence-corrected chi connectivity index (χ0v) is 9.58. The maximum Gasteiger partial charge on any atom is 0.649 e. The van der Waals surface area contributed by atoms with E-state index in [0.29, 0.717) is 26.4 Å². The second-order valence-corrected chi connectivity index (χ2v) is 2.97. The molecule has 0 aliphatic carbocycles. The van der Waals surface area contributed by atoms with Crippen LogP contribution in [-0.4, -0.2) is 75.4 Å². The molecule has 67 valence electrons. The largest absolute Gasteiger partial charge is 0.649 e. The summed E-state index contributed by atoms with van der Waals surface area (Å²) in [5, 5.41) is 0. The zero-order valence-electron chi connectivity index (χ0n) is 8.17. The summed E-state index contributed by atoms with van der Waals surface area (Å²) in [4.78, 5) is 0. The Kier molecular flexibility index (Phi) is 18.6. The SMILES string of the molecule is COCC[O][AlH][O]CCOC.[Li]. The Morgan fingerprint density at radius 3 is 1.58 bits per heavy atom. The molecule has 12 heavy (non-hydrogen) atoms. The van der Waals surface area contributed by atoms with Gasteiger partial charge in [-0.2, -0.15) is 0 Å². The van der Waals surface area contributed by atoms with Gasteiger partial charge in [0.2, 0.25) is 0 Å². The standard InChI is InChI=1S/2C3H7O2.Al.Li.H/c2*1-5-3-2-4;;;/h2*2-3H2,1H3;;;/q2*-1;+2;;. The molecule has 1 radical (unpaired) electrons. The molecule has 0 aromatic carbocycles. The summed E-state index contributed by atoms with van der Waals surface area (Å²) in [7, 11) is 3.30. The van der Waals surface area contributed by atoms with E-state index in [1.54, 1.807) is 14.2 Å². The van der Waals surface area contributed by atoms with Gasteiger partial charge in [-0.15, -0.1) is 0 Å². The summed E-state index contributed by atoms with van der Waals surface area (Å²) in [6.45, 7) is 2.55. The van der Waals surface area contributed by atoms with Crippen molar-refractivity contribution in [3.05, 3.63) is 0 Å². The number of hydrogen-bond donors (Lipinski definition) is 0. The molecule has 0 amide bonds. The molecule has 0 N–H and O–H groups in total. The second kappa shape index (κ2) is 14.5. The van der Waals surface area contributed by atoms with E-state index in [0.717, 1.165) is 0 Å². The molecule has 0 unspecified atom stereocenters. The number of ether oxygens (including phenoxy) is 2. The van der Waals surface area contributed by atoms with E-state index in [1.807, 2.05) is 0 Å². The van der Waals surface area contributed by atoms with Gasteiger partial charge >= 0.3 is 15.9 Å². The molecule has 0 atom stereocenters. The third kappa shape index (κ3) is 13.6. The minimum atomic E-state index is -0.789. The first-order valence-corrected chi connectivity index (χ1v) is 4.70. The summed E-state index contributed by atoms with van der Waals surface area (Å²) in [5.41, 5.74) is 0. The maximum atomic E-state index is 5.16. The second-order valence-electron chi connectivity index (χ2n) is 1.92. The monoisotopic (exact) mass is 185 g/mol. The predicted molar refractivity (Wildman–Crippen MR) is 48.6 cm³/mol. The van der Waals surface area contributed by atoms with Gasteiger partial charge in [-0.3, -0.25) is 0 Å². The molecule has 0 rings (SSSR count). The van der Waals surface area contributed by atoms with Gasteiger partial charge in [0.1, 0.15) is 0 Å². The van der Waals surface area contributed by atoms with Crippen LogP contribution in [0.25, 0.3) is 0 Å². The van der Waals surface area contributed by atoms with Crippen LogP contribution in [0.4, 0.5) is 0 Å². The Morgan fingerprint density at radius 2 is 1.25 bits per heavy atom.